The molecule has 2 rings (SSSR count). The van der Waals surface area contributed by atoms with Crippen molar-refractivity contribution in [2.24, 2.45) is 5.73 Å². The highest BCUT2D eigenvalue weighted by atomic mass is 16.3. The van der Waals surface area contributed by atoms with E-state index in [1.165, 1.54) is 6.42 Å². The van der Waals surface area contributed by atoms with Crippen LogP contribution < -0.4 is 5.73 Å². The van der Waals surface area contributed by atoms with Crippen LogP contribution in [0.5, 0.6) is 0 Å². The van der Waals surface area contributed by atoms with Crippen LogP contribution in [0, 0.1) is 0 Å². The highest BCUT2D eigenvalue weighted by Crippen LogP contribution is 2.24. The van der Waals surface area contributed by atoms with Gasteiger partial charge in [0.15, 0.2) is 0 Å². The molecule has 1 fully saturated rings. The molecule has 0 radical (unpaired) electrons. The standard InChI is InChI=1S/C17H29N3O/c1-3-16-13-20(12-11-19(16)2)10-9-17(21,14-18)15-7-5-4-6-8-15/h4-8,16,21H,3,9-14,18H2,1-2H3. The molecule has 4 heteroatoms. The van der Waals surface area contributed by atoms with Gasteiger partial charge in [-0.15, -0.1) is 0 Å². The number of likely N-dealkylation sites (N-methyl/N-ethyl adjacent to an activating group) is 1. The minimum absolute atomic E-state index is 0.266. The zero-order valence-electron chi connectivity index (χ0n) is 13.3. The van der Waals surface area contributed by atoms with E-state index in [0.29, 0.717) is 12.5 Å². The second-order valence-corrected chi connectivity index (χ2v) is 6.20. The Bertz CT molecular complexity index is 425. The Morgan fingerprint density at radius 1 is 1.29 bits per heavy atom. The summed E-state index contributed by atoms with van der Waals surface area (Å²) in [4.78, 5) is 4.89. The number of nitrogens with two attached hydrogens (primary N) is 1. The molecule has 1 aliphatic rings. The lowest BCUT2D eigenvalue weighted by molar-refractivity contribution is 0.0140. The van der Waals surface area contributed by atoms with E-state index >= 15 is 0 Å². The summed E-state index contributed by atoms with van der Waals surface area (Å²) < 4.78 is 0. The SMILES string of the molecule is CCC1CN(CCC(O)(CN)c2ccccc2)CCN1C. The molecule has 1 heterocycles. The summed E-state index contributed by atoms with van der Waals surface area (Å²) in [6, 6.07) is 10.4. The van der Waals surface area contributed by atoms with Gasteiger partial charge in [-0.2, -0.15) is 0 Å². The lowest BCUT2D eigenvalue weighted by atomic mass is 9.90. The molecule has 0 aromatic heterocycles. The van der Waals surface area contributed by atoms with E-state index in [1.807, 2.05) is 30.3 Å². The molecule has 1 saturated heterocycles. The van der Waals surface area contributed by atoms with Gasteiger partial charge in [0.2, 0.25) is 0 Å². The van der Waals surface area contributed by atoms with Crippen molar-refractivity contribution in [3.8, 4) is 0 Å². The van der Waals surface area contributed by atoms with E-state index in [-0.39, 0.29) is 6.54 Å². The minimum Gasteiger partial charge on any atom is -0.384 e. The first-order valence-electron chi connectivity index (χ1n) is 7.99. The van der Waals surface area contributed by atoms with Crippen molar-refractivity contribution in [1.82, 2.24) is 9.80 Å². The minimum atomic E-state index is -0.910. The van der Waals surface area contributed by atoms with Crippen LogP contribution in [-0.4, -0.2) is 60.7 Å². The molecule has 0 spiro atoms. The third-order valence-corrected chi connectivity index (χ3v) is 4.82. The molecule has 4 nitrogen and oxygen atoms in total. The number of piperazine rings is 1. The van der Waals surface area contributed by atoms with Crippen LogP contribution in [0.1, 0.15) is 25.3 Å². The van der Waals surface area contributed by atoms with Gasteiger partial charge in [-0.3, -0.25) is 0 Å². The van der Waals surface area contributed by atoms with Gasteiger partial charge in [0.05, 0.1) is 0 Å². The number of benzene rings is 1. The fourth-order valence-corrected chi connectivity index (χ4v) is 3.11. The Balaban J connectivity index is 1.94. The van der Waals surface area contributed by atoms with Crippen molar-refractivity contribution in [3.05, 3.63) is 35.9 Å². The Morgan fingerprint density at radius 3 is 2.62 bits per heavy atom. The molecule has 21 heavy (non-hydrogen) atoms. The average molecular weight is 291 g/mol. The van der Waals surface area contributed by atoms with E-state index in [9.17, 15) is 5.11 Å². The van der Waals surface area contributed by atoms with Crippen LogP contribution >= 0.6 is 0 Å². The summed E-state index contributed by atoms with van der Waals surface area (Å²) >= 11 is 0. The third kappa shape index (κ3) is 4.04. The maximum absolute atomic E-state index is 10.8. The second-order valence-electron chi connectivity index (χ2n) is 6.20. The zero-order valence-corrected chi connectivity index (χ0v) is 13.3. The van der Waals surface area contributed by atoms with Crippen molar-refractivity contribution < 1.29 is 5.11 Å². The van der Waals surface area contributed by atoms with Gasteiger partial charge in [-0.05, 0) is 25.5 Å². The van der Waals surface area contributed by atoms with Crippen molar-refractivity contribution in [2.45, 2.75) is 31.4 Å². The Morgan fingerprint density at radius 2 is 2.00 bits per heavy atom. The molecule has 0 aliphatic carbocycles. The molecule has 3 N–H and O–H groups in total. The summed E-state index contributed by atoms with van der Waals surface area (Å²) in [5.74, 6) is 0. The molecule has 0 amide bonds. The van der Waals surface area contributed by atoms with E-state index in [2.05, 4.69) is 23.8 Å². The highest BCUT2D eigenvalue weighted by molar-refractivity contribution is 5.22. The van der Waals surface area contributed by atoms with Crippen LogP contribution in [0.3, 0.4) is 0 Å². The van der Waals surface area contributed by atoms with Crippen LogP contribution in [-0.2, 0) is 5.60 Å². The molecule has 1 aromatic carbocycles. The van der Waals surface area contributed by atoms with Gasteiger partial charge in [0.25, 0.3) is 0 Å². The first-order chi connectivity index (χ1) is 10.1. The molecule has 0 bridgehead atoms. The first kappa shape index (κ1) is 16.4. The third-order valence-electron chi connectivity index (χ3n) is 4.82. The lowest BCUT2D eigenvalue weighted by Gasteiger charge is -2.40. The van der Waals surface area contributed by atoms with Crippen molar-refractivity contribution in [1.29, 1.82) is 0 Å². The molecule has 1 aliphatic heterocycles. The lowest BCUT2D eigenvalue weighted by Crippen LogP contribution is -2.52. The number of nitrogens with zero attached hydrogens (tertiary/aromatic N) is 2. The monoisotopic (exact) mass is 291 g/mol. The van der Waals surface area contributed by atoms with Crippen LogP contribution in [0.4, 0.5) is 0 Å². The molecular weight excluding hydrogens is 262 g/mol. The summed E-state index contributed by atoms with van der Waals surface area (Å²) in [7, 11) is 2.20. The fraction of sp³-hybridized carbons (Fsp3) is 0.647. The van der Waals surface area contributed by atoms with E-state index < -0.39 is 5.60 Å². The molecular formula is C17H29N3O. The Kier molecular flexibility index (Phi) is 5.76. The molecule has 118 valence electrons. The number of aliphatic hydroxyl groups is 1. The maximum Gasteiger partial charge on any atom is 0.103 e. The number of rotatable bonds is 6. The van der Waals surface area contributed by atoms with Gasteiger partial charge < -0.3 is 20.6 Å². The van der Waals surface area contributed by atoms with Gasteiger partial charge in [-0.25, -0.2) is 0 Å². The summed E-state index contributed by atoms with van der Waals surface area (Å²) in [5.41, 5.74) is 5.87. The van der Waals surface area contributed by atoms with Crippen LogP contribution in [0.15, 0.2) is 30.3 Å². The largest absolute Gasteiger partial charge is 0.384 e. The Labute approximate surface area is 128 Å². The normalized spacial score (nSPS) is 23.9. The van der Waals surface area contributed by atoms with E-state index in [1.54, 1.807) is 0 Å². The molecule has 2 atom stereocenters. The predicted molar refractivity (Wildman–Crippen MR) is 87.2 cm³/mol. The highest BCUT2D eigenvalue weighted by Gasteiger charge is 2.29. The van der Waals surface area contributed by atoms with E-state index in [4.69, 9.17) is 5.73 Å². The second kappa shape index (κ2) is 7.36. The van der Waals surface area contributed by atoms with Crippen molar-refractivity contribution >= 4 is 0 Å². The van der Waals surface area contributed by atoms with Crippen molar-refractivity contribution in [3.63, 3.8) is 0 Å². The summed E-state index contributed by atoms with van der Waals surface area (Å²) in [5, 5.41) is 10.8. The topological polar surface area (TPSA) is 52.7 Å². The number of hydrogen-bond acceptors (Lipinski definition) is 4. The van der Waals surface area contributed by atoms with Gasteiger partial charge >= 0.3 is 0 Å². The molecule has 2 unspecified atom stereocenters. The van der Waals surface area contributed by atoms with Gasteiger partial charge in [0, 0.05) is 38.8 Å². The average Bonchev–Trinajstić information content (AvgIpc) is 2.54. The predicted octanol–water partition coefficient (Wildman–Crippen LogP) is 1.25. The van der Waals surface area contributed by atoms with Gasteiger partial charge in [0.1, 0.15) is 5.60 Å². The van der Waals surface area contributed by atoms with Crippen LogP contribution in [0.25, 0.3) is 0 Å². The molecule has 0 saturated carbocycles. The summed E-state index contributed by atoms with van der Waals surface area (Å²) in [6.07, 6.45) is 1.86. The van der Waals surface area contributed by atoms with Crippen molar-refractivity contribution in [2.75, 3.05) is 39.8 Å². The first-order valence-corrected chi connectivity index (χ1v) is 7.99. The van der Waals surface area contributed by atoms with E-state index in [0.717, 1.165) is 31.7 Å². The van der Waals surface area contributed by atoms with Gasteiger partial charge in [-0.1, -0.05) is 37.3 Å². The smallest absolute Gasteiger partial charge is 0.103 e. The zero-order chi connectivity index (χ0) is 15.3. The fourth-order valence-electron chi connectivity index (χ4n) is 3.11. The van der Waals surface area contributed by atoms with Crippen LogP contribution in [0.2, 0.25) is 0 Å². The quantitative estimate of drug-likeness (QED) is 0.828. The maximum atomic E-state index is 10.8. The number of hydrogen-bond donors (Lipinski definition) is 2. The molecule has 1 aromatic rings. The summed E-state index contributed by atoms with van der Waals surface area (Å²) in [6.45, 7) is 6.66. The Hall–Kier alpha value is -0.940.